The van der Waals surface area contributed by atoms with Gasteiger partial charge in [-0.1, -0.05) is 49.4 Å². The van der Waals surface area contributed by atoms with Gasteiger partial charge in [-0.2, -0.15) is 4.31 Å². The predicted octanol–water partition coefficient (Wildman–Crippen LogP) is 3.06. The quantitative estimate of drug-likeness (QED) is 0.678. The van der Waals surface area contributed by atoms with Crippen molar-refractivity contribution in [3.8, 4) is 5.75 Å². The van der Waals surface area contributed by atoms with Gasteiger partial charge in [0.15, 0.2) is 0 Å². The molecular weight excluding hydrogens is 414 g/mol. The molecule has 1 aliphatic heterocycles. The van der Waals surface area contributed by atoms with Crippen LogP contribution in [-0.2, 0) is 14.8 Å². The van der Waals surface area contributed by atoms with Gasteiger partial charge in [0.1, 0.15) is 5.75 Å². The Morgan fingerprint density at radius 2 is 1.81 bits per heavy atom. The molecule has 3 rings (SSSR count). The normalized spacial score (nSPS) is 15.8. The zero-order valence-electron chi connectivity index (χ0n) is 18.0. The van der Waals surface area contributed by atoms with Crippen molar-refractivity contribution in [3.05, 3.63) is 60.2 Å². The maximum Gasteiger partial charge on any atom is 0.243 e. The molecule has 2 aromatic carbocycles. The van der Waals surface area contributed by atoms with E-state index < -0.39 is 10.0 Å². The molecule has 31 heavy (non-hydrogen) atoms. The van der Waals surface area contributed by atoms with Crippen LogP contribution in [0.3, 0.4) is 0 Å². The van der Waals surface area contributed by atoms with Crippen molar-refractivity contribution in [2.24, 2.45) is 0 Å². The van der Waals surface area contributed by atoms with Crippen molar-refractivity contribution < 1.29 is 17.9 Å². The van der Waals surface area contributed by atoms with Crippen molar-refractivity contribution in [2.75, 3.05) is 45.2 Å². The summed E-state index contributed by atoms with van der Waals surface area (Å²) < 4.78 is 33.0. The van der Waals surface area contributed by atoms with Crippen LogP contribution in [-0.4, -0.2) is 63.4 Å². The monoisotopic (exact) mass is 443 g/mol. The minimum atomic E-state index is -3.66. The second kappa shape index (κ2) is 10.6. The molecule has 0 saturated carbocycles. The Bertz CT molecular complexity index is 1010. The number of nitrogens with one attached hydrogen (secondary N) is 1. The fourth-order valence-electron chi connectivity index (χ4n) is 3.39. The third-order valence-corrected chi connectivity index (χ3v) is 7.10. The first-order valence-electron chi connectivity index (χ1n) is 10.4. The first-order valence-corrected chi connectivity index (χ1v) is 11.8. The summed E-state index contributed by atoms with van der Waals surface area (Å²) >= 11 is 0. The number of amides is 1. The van der Waals surface area contributed by atoms with E-state index in [1.54, 1.807) is 13.0 Å². The summed E-state index contributed by atoms with van der Waals surface area (Å²) in [5.74, 6) is 0.223. The molecule has 0 radical (unpaired) electrons. The lowest BCUT2D eigenvalue weighted by molar-refractivity contribution is -0.115. The Hall–Kier alpha value is -2.68. The van der Waals surface area contributed by atoms with Crippen LogP contribution in [0.25, 0.3) is 6.08 Å². The highest BCUT2D eigenvalue weighted by Crippen LogP contribution is 2.29. The fraction of sp³-hybridized carbons (Fsp3) is 0.348. The van der Waals surface area contributed by atoms with E-state index in [1.807, 2.05) is 30.3 Å². The zero-order valence-corrected chi connectivity index (χ0v) is 18.8. The minimum Gasteiger partial charge on any atom is -0.495 e. The van der Waals surface area contributed by atoms with Crippen LogP contribution in [0.15, 0.2) is 59.5 Å². The topological polar surface area (TPSA) is 79.0 Å². The Labute approximate surface area is 184 Å². The first-order chi connectivity index (χ1) is 14.9. The first kappa shape index (κ1) is 23.0. The standard InChI is InChI=1S/C23H29N3O4S/c1-3-23(27)24-21-18-20(11-12-22(21)30-2)31(28,29)26-16-14-25(15-17-26)13-7-10-19-8-5-4-6-9-19/h4-12,18H,3,13-17H2,1-2H3,(H,24,27)/b10-7+. The van der Waals surface area contributed by atoms with E-state index in [9.17, 15) is 13.2 Å². The van der Waals surface area contributed by atoms with Gasteiger partial charge in [-0.25, -0.2) is 8.42 Å². The summed E-state index contributed by atoms with van der Waals surface area (Å²) in [6.07, 6.45) is 4.47. The van der Waals surface area contributed by atoms with E-state index in [4.69, 9.17) is 4.74 Å². The Morgan fingerprint density at radius 3 is 2.45 bits per heavy atom. The molecule has 0 aliphatic carbocycles. The number of sulfonamides is 1. The van der Waals surface area contributed by atoms with Crippen LogP contribution in [0.5, 0.6) is 5.75 Å². The lowest BCUT2D eigenvalue weighted by Gasteiger charge is -2.33. The van der Waals surface area contributed by atoms with Crippen LogP contribution >= 0.6 is 0 Å². The fourth-order valence-corrected chi connectivity index (χ4v) is 4.84. The summed E-state index contributed by atoms with van der Waals surface area (Å²) in [6.45, 7) is 4.67. The van der Waals surface area contributed by atoms with Crippen LogP contribution in [0, 0.1) is 0 Å². The molecule has 1 amide bonds. The van der Waals surface area contributed by atoms with E-state index >= 15 is 0 Å². The van der Waals surface area contributed by atoms with Gasteiger partial charge in [-0.3, -0.25) is 9.69 Å². The van der Waals surface area contributed by atoms with Gasteiger partial charge < -0.3 is 10.1 Å². The third-order valence-electron chi connectivity index (χ3n) is 5.21. The largest absolute Gasteiger partial charge is 0.495 e. The Morgan fingerprint density at radius 1 is 1.10 bits per heavy atom. The van der Waals surface area contributed by atoms with Gasteiger partial charge in [0.05, 0.1) is 17.7 Å². The number of carbonyl (C=O) groups is 1. The maximum absolute atomic E-state index is 13.1. The third kappa shape index (κ3) is 5.94. The number of nitrogens with zero attached hydrogens (tertiary/aromatic N) is 2. The van der Waals surface area contributed by atoms with Gasteiger partial charge in [0.25, 0.3) is 0 Å². The average molecular weight is 444 g/mol. The summed E-state index contributed by atoms with van der Waals surface area (Å²) in [5.41, 5.74) is 1.51. The SMILES string of the molecule is CCC(=O)Nc1cc(S(=O)(=O)N2CCN(C/C=C/c3ccccc3)CC2)ccc1OC. The number of carbonyl (C=O) groups excluding carboxylic acids is 1. The molecule has 0 atom stereocenters. The number of methoxy groups -OCH3 is 1. The number of piperazine rings is 1. The van der Waals surface area contributed by atoms with Gasteiger partial charge in [-0.15, -0.1) is 0 Å². The highest BCUT2D eigenvalue weighted by Gasteiger charge is 2.29. The van der Waals surface area contributed by atoms with Gasteiger partial charge in [-0.05, 0) is 23.8 Å². The number of rotatable bonds is 8. The van der Waals surface area contributed by atoms with E-state index in [-0.39, 0.29) is 10.8 Å². The molecule has 1 N–H and O–H groups in total. The van der Waals surface area contributed by atoms with Crippen molar-refractivity contribution in [1.29, 1.82) is 0 Å². The molecule has 0 spiro atoms. The van der Waals surface area contributed by atoms with Gasteiger partial charge in [0.2, 0.25) is 15.9 Å². The summed E-state index contributed by atoms with van der Waals surface area (Å²) in [5, 5.41) is 2.71. The Kier molecular flexibility index (Phi) is 7.84. The zero-order chi connectivity index (χ0) is 22.3. The number of benzene rings is 2. The molecular formula is C23H29N3O4S. The average Bonchev–Trinajstić information content (AvgIpc) is 2.80. The molecule has 7 nitrogen and oxygen atoms in total. The van der Waals surface area contributed by atoms with Crippen LogP contribution in [0.1, 0.15) is 18.9 Å². The van der Waals surface area contributed by atoms with E-state index in [2.05, 4.69) is 22.4 Å². The summed E-state index contributed by atoms with van der Waals surface area (Å²) in [4.78, 5) is 14.2. The van der Waals surface area contributed by atoms with E-state index in [0.29, 0.717) is 44.0 Å². The lowest BCUT2D eigenvalue weighted by Crippen LogP contribution is -2.48. The summed E-state index contributed by atoms with van der Waals surface area (Å²) in [6, 6.07) is 14.6. The number of anilines is 1. The molecule has 1 fully saturated rings. The predicted molar refractivity (Wildman–Crippen MR) is 123 cm³/mol. The van der Waals surface area contributed by atoms with E-state index in [1.165, 1.54) is 23.5 Å². The number of ether oxygens (including phenoxy) is 1. The Balaban J connectivity index is 1.63. The smallest absolute Gasteiger partial charge is 0.243 e. The molecule has 1 saturated heterocycles. The number of hydrogen-bond donors (Lipinski definition) is 1. The van der Waals surface area contributed by atoms with Crippen molar-refractivity contribution in [2.45, 2.75) is 18.2 Å². The van der Waals surface area contributed by atoms with Crippen molar-refractivity contribution >= 4 is 27.7 Å². The maximum atomic E-state index is 13.1. The van der Waals surface area contributed by atoms with Gasteiger partial charge in [0, 0.05) is 39.1 Å². The van der Waals surface area contributed by atoms with Crippen molar-refractivity contribution in [3.63, 3.8) is 0 Å². The van der Waals surface area contributed by atoms with E-state index in [0.717, 1.165) is 12.1 Å². The highest BCUT2D eigenvalue weighted by atomic mass is 32.2. The second-order valence-corrected chi connectivity index (χ2v) is 9.22. The molecule has 0 unspecified atom stereocenters. The molecule has 0 bridgehead atoms. The number of hydrogen-bond acceptors (Lipinski definition) is 5. The van der Waals surface area contributed by atoms with Crippen LogP contribution in [0.2, 0.25) is 0 Å². The lowest BCUT2D eigenvalue weighted by atomic mass is 10.2. The molecule has 8 heteroatoms. The highest BCUT2D eigenvalue weighted by molar-refractivity contribution is 7.89. The van der Waals surface area contributed by atoms with Gasteiger partial charge >= 0.3 is 0 Å². The van der Waals surface area contributed by atoms with Crippen LogP contribution in [0.4, 0.5) is 5.69 Å². The minimum absolute atomic E-state index is 0.150. The molecule has 0 aromatic heterocycles. The molecule has 166 valence electrons. The second-order valence-electron chi connectivity index (χ2n) is 7.28. The van der Waals surface area contributed by atoms with Crippen molar-refractivity contribution in [1.82, 2.24) is 9.21 Å². The molecule has 1 heterocycles. The van der Waals surface area contributed by atoms with Crippen LogP contribution < -0.4 is 10.1 Å². The summed E-state index contributed by atoms with van der Waals surface area (Å²) in [7, 11) is -2.17. The molecule has 2 aromatic rings. The molecule has 1 aliphatic rings.